The summed E-state index contributed by atoms with van der Waals surface area (Å²) in [6.07, 6.45) is 0. The van der Waals surface area contributed by atoms with Crippen LogP contribution in [0.5, 0.6) is 0 Å². The second-order valence-electron chi connectivity index (χ2n) is 6.52. The van der Waals surface area contributed by atoms with Crippen LogP contribution in [-0.2, 0) is 10.0 Å². The minimum Gasteiger partial charge on any atom is -0.370 e. The predicted octanol–water partition coefficient (Wildman–Crippen LogP) is 4.61. The molecule has 9 heteroatoms. The number of anilines is 2. The second kappa shape index (κ2) is 10.2. The molecule has 1 N–H and O–H groups in total. The maximum absolute atomic E-state index is 13.3. The molecule has 2 aromatic rings. The van der Waals surface area contributed by atoms with Gasteiger partial charge in [0.1, 0.15) is 5.82 Å². The van der Waals surface area contributed by atoms with Gasteiger partial charge in [0.2, 0.25) is 10.0 Å². The van der Waals surface area contributed by atoms with Crippen LogP contribution in [0.1, 0.15) is 38.1 Å². The van der Waals surface area contributed by atoms with Crippen molar-refractivity contribution in [3.05, 3.63) is 52.8 Å². The molecule has 0 saturated carbocycles. The number of nitrogens with zero attached hydrogens (tertiary/aromatic N) is 2. The van der Waals surface area contributed by atoms with E-state index in [0.717, 1.165) is 12.1 Å². The van der Waals surface area contributed by atoms with E-state index in [1.54, 1.807) is 26.0 Å². The van der Waals surface area contributed by atoms with Crippen LogP contribution in [0.3, 0.4) is 0 Å². The molecule has 0 unspecified atom stereocenters. The molecule has 2 rings (SSSR count). The van der Waals surface area contributed by atoms with Crippen LogP contribution >= 0.6 is 11.6 Å². The van der Waals surface area contributed by atoms with Crippen molar-refractivity contribution in [2.75, 3.05) is 36.4 Å². The average Bonchev–Trinajstić information content (AvgIpc) is 2.70. The molecule has 0 aliphatic rings. The van der Waals surface area contributed by atoms with Crippen LogP contribution in [0.2, 0.25) is 5.02 Å². The van der Waals surface area contributed by atoms with Crippen LogP contribution < -0.4 is 10.2 Å². The van der Waals surface area contributed by atoms with Gasteiger partial charge in [0.25, 0.3) is 5.91 Å². The molecule has 2 aromatic carbocycles. The third-order valence-corrected chi connectivity index (χ3v) is 7.20. The van der Waals surface area contributed by atoms with Crippen LogP contribution in [0.25, 0.3) is 0 Å². The summed E-state index contributed by atoms with van der Waals surface area (Å²) in [5.74, 6) is -1.10. The fourth-order valence-corrected chi connectivity index (χ4v) is 4.93. The third kappa shape index (κ3) is 5.11. The normalized spacial score (nSPS) is 11.6. The molecular weight excluding hydrogens is 429 g/mol. The number of amides is 1. The minimum absolute atomic E-state index is 0.0243. The van der Waals surface area contributed by atoms with Crippen molar-refractivity contribution in [3.63, 3.8) is 0 Å². The molecule has 0 spiro atoms. The molecule has 164 valence electrons. The smallest absolute Gasteiger partial charge is 0.257 e. The van der Waals surface area contributed by atoms with Gasteiger partial charge in [-0.3, -0.25) is 4.79 Å². The highest BCUT2D eigenvalue weighted by Gasteiger charge is 2.24. The predicted molar refractivity (Wildman–Crippen MR) is 119 cm³/mol. The monoisotopic (exact) mass is 455 g/mol. The van der Waals surface area contributed by atoms with Crippen molar-refractivity contribution in [2.24, 2.45) is 0 Å². The van der Waals surface area contributed by atoms with Gasteiger partial charge in [-0.15, -0.1) is 0 Å². The topological polar surface area (TPSA) is 69.7 Å². The number of benzene rings is 2. The Bertz CT molecular complexity index is 1010. The van der Waals surface area contributed by atoms with E-state index in [4.69, 9.17) is 11.6 Å². The Labute approximate surface area is 182 Å². The summed E-state index contributed by atoms with van der Waals surface area (Å²) in [6, 6.07) is 8.18. The fraction of sp³-hybridized carbons (Fsp3) is 0.381. The number of hydrogen-bond acceptors (Lipinski definition) is 4. The van der Waals surface area contributed by atoms with E-state index in [2.05, 4.69) is 5.32 Å². The van der Waals surface area contributed by atoms with Gasteiger partial charge < -0.3 is 10.2 Å². The van der Waals surface area contributed by atoms with Crippen molar-refractivity contribution in [3.8, 4) is 0 Å². The van der Waals surface area contributed by atoms with Crippen LogP contribution in [0, 0.1) is 5.82 Å². The van der Waals surface area contributed by atoms with E-state index in [0.29, 0.717) is 37.6 Å². The Morgan fingerprint density at radius 3 is 2.17 bits per heavy atom. The number of sulfonamides is 1. The lowest BCUT2D eigenvalue weighted by molar-refractivity contribution is 0.102. The summed E-state index contributed by atoms with van der Waals surface area (Å²) < 4.78 is 40.6. The van der Waals surface area contributed by atoms with Crippen molar-refractivity contribution < 1.29 is 17.6 Å². The first-order chi connectivity index (χ1) is 14.2. The summed E-state index contributed by atoms with van der Waals surface area (Å²) in [7, 11) is -3.71. The molecule has 0 aromatic heterocycles. The van der Waals surface area contributed by atoms with Gasteiger partial charge >= 0.3 is 0 Å². The van der Waals surface area contributed by atoms with E-state index in [1.165, 1.54) is 16.4 Å². The molecule has 30 heavy (non-hydrogen) atoms. The van der Waals surface area contributed by atoms with E-state index in [1.807, 2.05) is 18.7 Å². The van der Waals surface area contributed by atoms with Gasteiger partial charge in [0.05, 0.1) is 26.9 Å². The van der Waals surface area contributed by atoms with Gasteiger partial charge in [0.15, 0.2) is 0 Å². The minimum atomic E-state index is -3.71. The Morgan fingerprint density at radius 2 is 1.63 bits per heavy atom. The number of carbonyl (C=O) groups excluding carboxylic acids is 1. The molecule has 0 heterocycles. The number of hydrogen-bond donors (Lipinski definition) is 1. The molecule has 0 bridgehead atoms. The molecule has 0 saturated heterocycles. The molecule has 0 aliphatic heterocycles. The molecule has 0 fully saturated rings. The first kappa shape index (κ1) is 24.1. The summed E-state index contributed by atoms with van der Waals surface area (Å²) in [4.78, 5) is 14.9. The second-order valence-corrected chi connectivity index (χ2v) is 8.86. The molecular formula is C21H27ClFN3O3S. The van der Waals surface area contributed by atoms with Crippen molar-refractivity contribution in [2.45, 2.75) is 32.6 Å². The lowest BCUT2D eigenvalue weighted by Gasteiger charge is -2.26. The number of halogens is 2. The van der Waals surface area contributed by atoms with E-state index < -0.39 is 21.7 Å². The molecule has 1 amide bonds. The van der Waals surface area contributed by atoms with Crippen LogP contribution in [0.4, 0.5) is 15.8 Å². The zero-order chi connectivity index (χ0) is 22.5. The Morgan fingerprint density at radius 1 is 1.00 bits per heavy atom. The first-order valence-corrected chi connectivity index (χ1v) is 11.7. The largest absolute Gasteiger partial charge is 0.370 e. The van der Waals surface area contributed by atoms with Gasteiger partial charge in [-0.25, -0.2) is 12.8 Å². The first-order valence-electron chi connectivity index (χ1n) is 9.85. The molecule has 0 radical (unpaired) electrons. The molecule has 0 aliphatic carbocycles. The zero-order valence-corrected chi connectivity index (χ0v) is 19.1. The highest BCUT2D eigenvalue weighted by Crippen LogP contribution is 2.31. The van der Waals surface area contributed by atoms with Gasteiger partial charge in [-0.2, -0.15) is 4.31 Å². The lowest BCUT2D eigenvalue weighted by Crippen LogP contribution is -2.31. The maximum Gasteiger partial charge on any atom is 0.257 e. The van der Waals surface area contributed by atoms with E-state index in [9.17, 15) is 17.6 Å². The number of carbonyl (C=O) groups is 1. The number of nitrogens with one attached hydrogen (secondary N) is 1. The summed E-state index contributed by atoms with van der Waals surface area (Å²) >= 11 is 6.02. The maximum atomic E-state index is 13.3. The SMILES string of the molecule is CCN(CC)c1ccc(S(=O)(=O)N(CC)CC)cc1NC(=O)c1ccc(F)cc1Cl. The highest BCUT2D eigenvalue weighted by molar-refractivity contribution is 7.89. The van der Waals surface area contributed by atoms with Crippen molar-refractivity contribution in [1.29, 1.82) is 0 Å². The number of rotatable bonds is 9. The summed E-state index contributed by atoms with van der Waals surface area (Å²) in [6.45, 7) is 9.47. The highest BCUT2D eigenvalue weighted by atomic mass is 35.5. The van der Waals surface area contributed by atoms with E-state index in [-0.39, 0.29) is 15.5 Å². The third-order valence-electron chi connectivity index (χ3n) is 4.84. The van der Waals surface area contributed by atoms with E-state index >= 15 is 0 Å². The fourth-order valence-electron chi connectivity index (χ4n) is 3.19. The Balaban J connectivity index is 2.54. The Hall–Kier alpha value is -2.16. The standard InChI is InChI=1S/C21H27ClFN3O3S/c1-5-25(6-2)20-12-10-16(30(28,29)26(7-3)8-4)14-19(20)24-21(27)17-11-9-15(23)13-18(17)22/h9-14H,5-8H2,1-4H3,(H,24,27). The quantitative estimate of drug-likeness (QED) is 0.599. The lowest BCUT2D eigenvalue weighted by atomic mass is 10.2. The molecule has 0 atom stereocenters. The van der Waals surface area contributed by atoms with Gasteiger partial charge in [-0.05, 0) is 50.2 Å². The Kier molecular flexibility index (Phi) is 8.23. The average molecular weight is 456 g/mol. The van der Waals surface area contributed by atoms with Crippen molar-refractivity contribution >= 4 is 38.9 Å². The van der Waals surface area contributed by atoms with Crippen LogP contribution in [0.15, 0.2) is 41.3 Å². The summed E-state index contributed by atoms with van der Waals surface area (Å²) in [5, 5.41) is 2.73. The molecule has 6 nitrogen and oxygen atoms in total. The van der Waals surface area contributed by atoms with Crippen molar-refractivity contribution in [1.82, 2.24) is 4.31 Å². The van der Waals surface area contributed by atoms with Crippen LogP contribution in [-0.4, -0.2) is 44.8 Å². The zero-order valence-electron chi connectivity index (χ0n) is 17.6. The van der Waals surface area contributed by atoms with Gasteiger partial charge in [0, 0.05) is 26.2 Å². The summed E-state index contributed by atoms with van der Waals surface area (Å²) in [5.41, 5.74) is 1.13. The van der Waals surface area contributed by atoms with Gasteiger partial charge in [-0.1, -0.05) is 25.4 Å².